The topological polar surface area (TPSA) is 79.0 Å². The first-order valence-corrected chi connectivity index (χ1v) is 13.5. The van der Waals surface area contributed by atoms with Crippen LogP contribution in [0.1, 0.15) is 47.5 Å². The SMILES string of the molecule is C[C@H]1CCCCN1S(=O)(=O)c1ccc(C(=O)NC[C@@H](c2cccs2)N2CCOCC2)cc1. The van der Waals surface area contributed by atoms with Gasteiger partial charge in [-0.1, -0.05) is 12.5 Å². The Labute approximate surface area is 194 Å². The van der Waals surface area contributed by atoms with Crippen molar-refractivity contribution in [3.8, 4) is 0 Å². The van der Waals surface area contributed by atoms with Gasteiger partial charge in [0.1, 0.15) is 0 Å². The Hall–Kier alpha value is -1.78. The number of hydrogen-bond donors (Lipinski definition) is 1. The van der Waals surface area contributed by atoms with E-state index >= 15 is 0 Å². The van der Waals surface area contributed by atoms with Gasteiger partial charge in [-0.2, -0.15) is 4.31 Å². The van der Waals surface area contributed by atoms with Gasteiger partial charge in [-0.3, -0.25) is 9.69 Å². The van der Waals surface area contributed by atoms with Gasteiger partial charge < -0.3 is 10.1 Å². The average Bonchev–Trinajstić information content (AvgIpc) is 3.35. The first-order chi connectivity index (χ1) is 15.5. The lowest BCUT2D eigenvalue weighted by Gasteiger charge is -2.34. The first kappa shape index (κ1) is 23.4. The molecule has 0 bridgehead atoms. The van der Waals surface area contributed by atoms with E-state index in [4.69, 9.17) is 4.74 Å². The highest BCUT2D eigenvalue weighted by atomic mass is 32.2. The molecule has 0 radical (unpaired) electrons. The van der Waals surface area contributed by atoms with Crippen molar-refractivity contribution in [3.05, 3.63) is 52.2 Å². The van der Waals surface area contributed by atoms with E-state index < -0.39 is 10.0 Å². The van der Waals surface area contributed by atoms with Crippen LogP contribution in [-0.2, 0) is 14.8 Å². The second kappa shape index (κ2) is 10.4. The standard InChI is InChI=1S/C23H31N3O4S2/c1-18-5-2-3-11-26(18)32(28,29)20-9-7-19(8-10-20)23(27)24-17-21(22-6-4-16-31-22)25-12-14-30-15-13-25/h4,6-10,16,18,21H,2-3,5,11-15,17H2,1H3,(H,24,27)/t18-,21-/m0/s1. The Kier molecular flexibility index (Phi) is 7.63. The summed E-state index contributed by atoms with van der Waals surface area (Å²) >= 11 is 1.69. The second-order valence-electron chi connectivity index (χ2n) is 8.37. The number of sulfonamides is 1. The highest BCUT2D eigenvalue weighted by Crippen LogP contribution is 2.27. The molecular formula is C23H31N3O4S2. The number of nitrogens with one attached hydrogen (secondary N) is 1. The maximum Gasteiger partial charge on any atom is 0.251 e. The smallest absolute Gasteiger partial charge is 0.251 e. The fourth-order valence-electron chi connectivity index (χ4n) is 4.41. The van der Waals surface area contributed by atoms with E-state index in [0.29, 0.717) is 31.9 Å². The molecule has 2 aliphatic rings. The van der Waals surface area contributed by atoms with Crippen molar-refractivity contribution < 1.29 is 17.9 Å². The molecule has 2 fully saturated rings. The Morgan fingerprint density at radius 1 is 1.16 bits per heavy atom. The molecule has 0 spiro atoms. The van der Waals surface area contributed by atoms with E-state index in [2.05, 4.69) is 16.3 Å². The van der Waals surface area contributed by atoms with E-state index in [0.717, 1.165) is 32.4 Å². The fourth-order valence-corrected chi connectivity index (χ4v) is 6.97. The summed E-state index contributed by atoms with van der Waals surface area (Å²) in [6, 6.07) is 10.5. The maximum atomic E-state index is 13.0. The number of hydrogen-bond acceptors (Lipinski definition) is 6. The molecule has 1 N–H and O–H groups in total. The predicted octanol–water partition coefficient (Wildman–Crippen LogP) is 3.11. The van der Waals surface area contributed by atoms with Gasteiger partial charge >= 0.3 is 0 Å². The summed E-state index contributed by atoms with van der Waals surface area (Å²) in [5, 5.41) is 5.09. The van der Waals surface area contributed by atoms with Gasteiger partial charge in [-0.05, 0) is 55.5 Å². The summed E-state index contributed by atoms with van der Waals surface area (Å²) in [5.74, 6) is -0.199. The number of rotatable bonds is 7. The van der Waals surface area contributed by atoms with Crippen LogP contribution in [0, 0.1) is 0 Å². The third-order valence-electron chi connectivity index (χ3n) is 6.28. The Morgan fingerprint density at radius 2 is 1.91 bits per heavy atom. The number of carbonyl (C=O) groups excluding carboxylic acids is 1. The number of thiophene rings is 1. The van der Waals surface area contributed by atoms with Crippen LogP contribution in [0.15, 0.2) is 46.7 Å². The molecule has 2 aromatic rings. The minimum Gasteiger partial charge on any atom is -0.379 e. The lowest BCUT2D eigenvalue weighted by Crippen LogP contribution is -2.43. The summed E-state index contributed by atoms with van der Waals surface area (Å²) in [5.41, 5.74) is 0.461. The van der Waals surface area contributed by atoms with Crippen LogP contribution in [0.4, 0.5) is 0 Å². The summed E-state index contributed by atoms with van der Waals surface area (Å²) in [7, 11) is -3.54. The van der Waals surface area contributed by atoms with Gasteiger partial charge in [-0.25, -0.2) is 8.42 Å². The van der Waals surface area contributed by atoms with Crippen molar-refractivity contribution in [2.75, 3.05) is 39.4 Å². The molecule has 0 aliphatic carbocycles. The molecule has 1 aromatic carbocycles. The molecule has 4 rings (SSSR count). The highest BCUT2D eigenvalue weighted by molar-refractivity contribution is 7.89. The Bertz CT molecular complexity index is 987. The molecule has 32 heavy (non-hydrogen) atoms. The molecule has 2 saturated heterocycles. The van der Waals surface area contributed by atoms with Crippen molar-refractivity contribution in [2.24, 2.45) is 0 Å². The number of benzene rings is 1. The summed E-state index contributed by atoms with van der Waals surface area (Å²) in [6.07, 6.45) is 2.83. The lowest BCUT2D eigenvalue weighted by atomic mass is 10.1. The van der Waals surface area contributed by atoms with Gasteiger partial charge in [0.2, 0.25) is 10.0 Å². The van der Waals surface area contributed by atoms with Crippen LogP contribution in [0.3, 0.4) is 0 Å². The molecule has 2 aliphatic heterocycles. The minimum atomic E-state index is -3.54. The largest absolute Gasteiger partial charge is 0.379 e. The van der Waals surface area contributed by atoms with E-state index in [1.54, 1.807) is 39.9 Å². The molecule has 174 valence electrons. The van der Waals surface area contributed by atoms with Crippen LogP contribution in [-0.4, -0.2) is 69.0 Å². The predicted molar refractivity (Wildman–Crippen MR) is 125 cm³/mol. The van der Waals surface area contributed by atoms with Crippen molar-refractivity contribution in [1.82, 2.24) is 14.5 Å². The van der Waals surface area contributed by atoms with Gasteiger partial charge in [0.25, 0.3) is 5.91 Å². The zero-order chi connectivity index (χ0) is 22.6. The molecule has 0 unspecified atom stereocenters. The van der Waals surface area contributed by atoms with Crippen LogP contribution in [0.2, 0.25) is 0 Å². The van der Waals surface area contributed by atoms with E-state index in [1.165, 1.54) is 4.88 Å². The molecule has 0 saturated carbocycles. The lowest BCUT2D eigenvalue weighted by molar-refractivity contribution is 0.0169. The molecular weight excluding hydrogens is 446 g/mol. The second-order valence-corrected chi connectivity index (χ2v) is 11.2. The Morgan fingerprint density at radius 3 is 2.56 bits per heavy atom. The molecule has 1 aromatic heterocycles. The van der Waals surface area contributed by atoms with Gasteiger partial charge in [0, 0.05) is 42.7 Å². The van der Waals surface area contributed by atoms with Gasteiger partial charge in [-0.15, -0.1) is 11.3 Å². The number of ether oxygens (including phenoxy) is 1. The quantitative estimate of drug-likeness (QED) is 0.663. The van der Waals surface area contributed by atoms with Crippen molar-refractivity contribution >= 4 is 27.3 Å². The third kappa shape index (κ3) is 5.23. The van der Waals surface area contributed by atoms with Crippen molar-refractivity contribution in [1.29, 1.82) is 0 Å². The molecule has 3 heterocycles. The number of nitrogens with zero attached hydrogens (tertiary/aromatic N) is 2. The van der Waals surface area contributed by atoms with Crippen LogP contribution >= 0.6 is 11.3 Å². The van der Waals surface area contributed by atoms with Crippen LogP contribution in [0.5, 0.6) is 0 Å². The third-order valence-corrected chi connectivity index (χ3v) is 9.28. The summed E-state index contributed by atoms with van der Waals surface area (Å²) < 4.78 is 33.1. The monoisotopic (exact) mass is 477 g/mol. The van der Waals surface area contributed by atoms with Crippen molar-refractivity contribution in [2.45, 2.75) is 43.2 Å². The zero-order valence-corrected chi connectivity index (χ0v) is 20.0. The highest BCUT2D eigenvalue weighted by Gasteiger charge is 2.31. The fraction of sp³-hybridized carbons (Fsp3) is 0.522. The van der Waals surface area contributed by atoms with E-state index in [-0.39, 0.29) is 22.9 Å². The number of piperidine rings is 1. The number of carbonyl (C=O) groups is 1. The number of morpholine rings is 1. The summed E-state index contributed by atoms with van der Waals surface area (Å²) in [4.78, 5) is 16.6. The Balaban J connectivity index is 1.42. The molecule has 2 atom stereocenters. The van der Waals surface area contributed by atoms with E-state index in [1.807, 2.05) is 18.4 Å². The summed E-state index contributed by atoms with van der Waals surface area (Å²) in [6.45, 7) is 6.06. The first-order valence-electron chi connectivity index (χ1n) is 11.2. The average molecular weight is 478 g/mol. The van der Waals surface area contributed by atoms with E-state index in [9.17, 15) is 13.2 Å². The minimum absolute atomic E-state index is 0.00565. The molecule has 1 amide bonds. The van der Waals surface area contributed by atoms with Crippen LogP contribution in [0.25, 0.3) is 0 Å². The van der Waals surface area contributed by atoms with Gasteiger partial charge in [0.15, 0.2) is 0 Å². The van der Waals surface area contributed by atoms with Gasteiger partial charge in [0.05, 0.1) is 24.2 Å². The molecule has 7 nitrogen and oxygen atoms in total. The molecule has 9 heteroatoms. The zero-order valence-electron chi connectivity index (χ0n) is 18.4. The maximum absolute atomic E-state index is 13.0. The van der Waals surface area contributed by atoms with Crippen molar-refractivity contribution in [3.63, 3.8) is 0 Å². The normalized spacial score (nSPS) is 21.8. The number of amides is 1. The van der Waals surface area contributed by atoms with Crippen LogP contribution < -0.4 is 5.32 Å².